The van der Waals surface area contributed by atoms with Gasteiger partial charge in [-0.2, -0.15) is 0 Å². The first-order valence-electron chi connectivity index (χ1n) is 29.1. The molecule has 18 nitrogen and oxygen atoms in total. The minimum absolute atomic E-state index is 0.0908. The van der Waals surface area contributed by atoms with Gasteiger partial charge in [0.05, 0.1) is 19.3 Å². The Morgan fingerprint density at radius 1 is 0.388 bits per heavy atom. The molecule has 0 aliphatic rings. The van der Waals surface area contributed by atoms with E-state index in [1.54, 1.807) is 0 Å². The highest BCUT2D eigenvalue weighted by atomic mass is 16.2. The van der Waals surface area contributed by atoms with Gasteiger partial charge in [0.25, 0.3) is 0 Å². The maximum Gasteiger partial charge on any atom is 0.246 e. The number of rotatable bonds is 27. The Bertz CT molecular complexity index is 3410. The van der Waals surface area contributed by atoms with Crippen molar-refractivity contribution < 1.29 is 28.8 Å². The number of nitrogens with two attached hydrogens (primary N) is 3. The molecule has 0 bridgehead atoms. The molecule has 0 spiro atoms. The standard InChI is InChI=1S/C67H76N12O6/c1-40-10-4-13-52-46(37-71-62(40)52)34-58(80)77-55(16-7-31-68)65(83)74-49-25-19-43(20-26-49)61(44-21-27-50(28-22-44)75-66(84)56(17-8-32-69)78-59(81)35-47-38-72-63-41(2)11-5-14-53(47)63)45-23-29-51(30-24-45)76-67(85)57(18-9-33-70)79-60(82)36-48-39-73-64-42(3)12-6-15-54(48)64/h4-6,10-15,19-30,37-39,55-57,61,71-73H,7-9,16-18,31-36,68-70H2,1-3H3,(H,74,83)(H,75,84)(H,76,85)(H,77,80)(H,78,81)(H,79,82)/t55-,56-,57+/m0/s1. The quantitative estimate of drug-likeness (QED) is 0.0220. The topological polar surface area (TPSA) is 300 Å². The van der Waals surface area contributed by atoms with Crippen molar-refractivity contribution in [1.82, 2.24) is 30.9 Å². The van der Waals surface area contributed by atoms with E-state index in [9.17, 15) is 28.8 Å². The van der Waals surface area contributed by atoms with Crippen LogP contribution in [0.1, 0.15) is 94.5 Å². The maximum absolute atomic E-state index is 13.9. The Labute approximate surface area is 494 Å². The van der Waals surface area contributed by atoms with E-state index in [1.165, 1.54) is 0 Å². The Morgan fingerprint density at radius 3 is 0.918 bits per heavy atom. The average Bonchev–Trinajstić information content (AvgIpc) is 3.59. The van der Waals surface area contributed by atoms with Crippen LogP contribution in [0.25, 0.3) is 32.7 Å². The lowest BCUT2D eigenvalue weighted by Crippen LogP contribution is -2.44. The molecule has 0 fully saturated rings. The molecule has 0 aliphatic carbocycles. The highest BCUT2D eigenvalue weighted by molar-refractivity contribution is 6.01. The number of H-pyrrole nitrogens is 3. The number of aryl methyl sites for hydroxylation is 3. The number of benzene rings is 6. The van der Waals surface area contributed by atoms with Gasteiger partial charge in [0.1, 0.15) is 18.1 Å². The second kappa shape index (κ2) is 28.3. The number of aromatic amines is 3. The largest absolute Gasteiger partial charge is 0.361 e. The van der Waals surface area contributed by atoms with E-state index in [0.717, 1.165) is 82.8 Å². The number of nitrogens with one attached hydrogen (secondary N) is 9. The first kappa shape index (κ1) is 60.2. The smallest absolute Gasteiger partial charge is 0.246 e. The highest BCUT2D eigenvalue weighted by Gasteiger charge is 2.26. The van der Waals surface area contributed by atoms with Crippen LogP contribution in [-0.4, -0.2) is 88.2 Å². The molecule has 9 rings (SSSR count). The predicted octanol–water partition coefficient (Wildman–Crippen LogP) is 8.45. The van der Waals surface area contributed by atoms with Gasteiger partial charge >= 0.3 is 0 Å². The number of para-hydroxylation sites is 3. The summed E-state index contributed by atoms with van der Waals surface area (Å²) in [6.45, 7) is 7.06. The summed E-state index contributed by atoms with van der Waals surface area (Å²) in [7, 11) is 0. The fraction of sp³-hybridized carbons (Fsp3) is 0.284. The fourth-order valence-corrected chi connectivity index (χ4v) is 11.1. The molecular formula is C67H76N12O6. The molecule has 15 N–H and O–H groups in total. The van der Waals surface area contributed by atoms with Crippen LogP contribution in [0.15, 0.2) is 146 Å². The number of hydrogen-bond acceptors (Lipinski definition) is 9. The monoisotopic (exact) mass is 1140 g/mol. The molecule has 0 aliphatic heterocycles. The molecule has 3 atom stereocenters. The van der Waals surface area contributed by atoms with Crippen LogP contribution < -0.4 is 49.1 Å². The van der Waals surface area contributed by atoms with Gasteiger partial charge in [-0.25, -0.2) is 0 Å². The number of amides is 6. The third kappa shape index (κ3) is 15.1. The van der Waals surface area contributed by atoms with Crippen molar-refractivity contribution in [2.45, 2.75) is 103 Å². The lowest BCUT2D eigenvalue weighted by molar-refractivity contribution is -0.126. The van der Waals surface area contributed by atoms with E-state index in [0.29, 0.717) is 75.2 Å². The van der Waals surface area contributed by atoms with Crippen molar-refractivity contribution in [1.29, 1.82) is 0 Å². The number of carbonyl (C=O) groups is 6. The van der Waals surface area contributed by atoms with Crippen LogP contribution in [-0.2, 0) is 48.0 Å². The van der Waals surface area contributed by atoms with Crippen molar-refractivity contribution in [3.63, 3.8) is 0 Å². The van der Waals surface area contributed by atoms with E-state index in [-0.39, 0.29) is 60.6 Å². The minimum Gasteiger partial charge on any atom is -0.361 e. The van der Waals surface area contributed by atoms with Gasteiger partial charge in [-0.15, -0.1) is 0 Å². The number of anilines is 3. The molecule has 85 heavy (non-hydrogen) atoms. The van der Waals surface area contributed by atoms with E-state index >= 15 is 0 Å². The number of fused-ring (bicyclic) bond motifs is 3. The van der Waals surface area contributed by atoms with Crippen molar-refractivity contribution in [3.05, 3.63) is 196 Å². The van der Waals surface area contributed by atoms with Crippen LogP contribution in [0.5, 0.6) is 0 Å². The van der Waals surface area contributed by atoms with Crippen molar-refractivity contribution in [3.8, 4) is 0 Å². The number of hydrogen-bond donors (Lipinski definition) is 12. The molecule has 0 radical (unpaired) electrons. The molecular weight excluding hydrogens is 1070 g/mol. The molecule has 3 heterocycles. The summed E-state index contributed by atoms with van der Waals surface area (Å²) in [5, 5.41) is 20.7. The number of carbonyl (C=O) groups excluding carboxylic acids is 6. The van der Waals surface area contributed by atoms with Crippen molar-refractivity contribution >= 4 is 85.2 Å². The third-order valence-electron chi connectivity index (χ3n) is 15.7. The molecule has 440 valence electrons. The summed E-state index contributed by atoms with van der Waals surface area (Å²) >= 11 is 0. The molecule has 9 aromatic rings. The highest BCUT2D eigenvalue weighted by Crippen LogP contribution is 2.35. The first-order valence-corrected chi connectivity index (χ1v) is 29.1. The van der Waals surface area contributed by atoms with Gasteiger partial charge in [-0.3, -0.25) is 28.8 Å². The van der Waals surface area contributed by atoms with Gasteiger partial charge in [-0.05, 0) is 165 Å². The third-order valence-corrected chi connectivity index (χ3v) is 15.7. The van der Waals surface area contributed by atoms with Gasteiger partial charge in [0, 0.05) is 74.3 Å². The minimum atomic E-state index is -0.836. The summed E-state index contributed by atoms with van der Waals surface area (Å²) < 4.78 is 0. The Balaban J connectivity index is 0.919. The van der Waals surface area contributed by atoms with Crippen molar-refractivity contribution in [2.75, 3.05) is 35.6 Å². The summed E-state index contributed by atoms with van der Waals surface area (Å²) in [5.41, 5.74) is 30.4. The van der Waals surface area contributed by atoms with Crippen LogP contribution in [0, 0.1) is 20.8 Å². The molecule has 0 saturated carbocycles. The zero-order chi connectivity index (χ0) is 60.0. The van der Waals surface area contributed by atoms with Crippen LogP contribution in [0.4, 0.5) is 17.1 Å². The van der Waals surface area contributed by atoms with E-state index in [1.807, 2.05) is 167 Å². The Kier molecular flexibility index (Phi) is 20.0. The summed E-state index contributed by atoms with van der Waals surface area (Å²) in [6, 6.07) is 37.7. The molecule has 0 unspecified atom stereocenters. The fourth-order valence-electron chi connectivity index (χ4n) is 11.1. The SMILES string of the molecule is Cc1cccc2c(CC(=O)N[C@@H](CCCN)C(=O)Nc3ccc(C(c4ccc(NC(=O)[C@H](CCCN)NC(=O)Cc5c[nH]c6c(C)cccc56)cc4)c4ccc(NC(=O)[C@@H](CCCN)NC(=O)Cc5c[nH]c6c(C)cccc56)cc4)cc3)c[nH]c12. The van der Waals surface area contributed by atoms with Gasteiger partial charge in [0.2, 0.25) is 35.4 Å². The lowest BCUT2D eigenvalue weighted by atomic mass is 9.85. The van der Waals surface area contributed by atoms with Crippen LogP contribution >= 0.6 is 0 Å². The molecule has 6 aromatic carbocycles. The van der Waals surface area contributed by atoms with Gasteiger partial charge in [-0.1, -0.05) is 91.0 Å². The Morgan fingerprint density at radius 2 is 0.659 bits per heavy atom. The summed E-state index contributed by atoms with van der Waals surface area (Å²) in [6.07, 6.45) is 8.36. The van der Waals surface area contributed by atoms with E-state index in [2.05, 4.69) is 46.9 Å². The average molecular weight is 1150 g/mol. The zero-order valence-electron chi connectivity index (χ0n) is 48.3. The van der Waals surface area contributed by atoms with Crippen LogP contribution in [0.2, 0.25) is 0 Å². The van der Waals surface area contributed by atoms with Crippen molar-refractivity contribution in [2.24, 2.45) is 17.2 Å². The Hall–Kier alpha value is -9.36. The second-order valence-electron chi connectivity index (χ2n) is 21.9. The van der Waals surface area contributed by atoms with Gasteiger partial charge < -0.3 is 64.1 Å². The summed E-state index contributed by atoms with van der Waals surface area (Å²) in [4.78, 5) is 92.0. The first-order chi connectivity index (χ1) is 41.2. The van der Waals surface area contributed by atoms with Gasteiger partial charge in [0.15, 0.2) is 0 Å². The van der Waals surface area contributed by atoms with E-state index < -0.39 is 18.1 Å². The molecule has 6 amide bonds. The summed E-state index contributed by atoms with van der Waals surface area (Å²) in [5.74, 6) is -2.38. The molecule has 18 heteroatoms. The lowest BCUT2D eigenvalue weighted by Gasteiger charge is -2.22. The molecule has 0 saturated heterocycles. The van der Waals surface area contributed by atoms with E-state index in [4.69, 9.17) is 17.2 Å². The second-order valence-corrected chi connectivity index (χ2v) is 21.9. The number of aromatic nitrogens is 3. The molecule has 3 aromatic heterocycles. The maximum atomic E-state index is 13.9. The predicted molar refractivity (Wildman–Crippen MR) is 337 cm³/mol. The van der Waals surface area contributed by atoms with Crippen LogP contribution in [0.3, 0.4) is 0 Å². The normalized spacial score (nSPS) is 12.5. The zero-order valence-corrected chi connectivity index (χ0v) is 48.3.